The zero-order chi connectivity index (χ0) is 15.7. The molecule has 1 fully saturated rings. The molecule has 0 amide bonds. The molecule has 0 saturated carbocycles. The van der Waals surface area contributed by atoms with E-state index in [4.69, 9.17) is 16.3 Å². The quantitative estimate of drug-likeness (QED) is 0.854. The Morgan fingerprint density at radius 2 is 2.27 bits per heavy atom. The summed E-state index contributed by atoms with van der Waals surface area (Å²) >= 11 is 6.33. The number of aryl methyl sites for hydroxylation is 3. The maximum atomic E-state index is 6.33. The lowest BCUT2D eigenvalue weighted by atomic mass is 10.2. The van der Waals surface area contributed by atoms with Crippen LogP contribution in [-0.4, -0.2) is 49.1 Å². The van der Waals surface area contributed by atoms with E-state index >= 15 is 0 Å². The lowest BCUT2D eigenvalue weighted by molar-refractivity contribution is -0.0389. The van der Waals surface area contributed by atoms with Crippen molar-refractivity contribution < 1.29 is 4.74 Å². The molecule has 8 heteroatoms. The van der Waals surface area contributed by atoms with Crippen LogP contribution in [0.5, 0.6) is 0 Å². The SMILES string of the molecule is CCn1cnnc1[C@H]1CN(Cc2c(C)nn(C)c2Cl)CCO1. The van der Waals surface area contributed by atoms with Gasteiger partial charge in [0.15, 0.2) is 5.82 Å². The number of hydrogen-bond acceptors (Lipinski definition) is 5. The second kappa shape index (κ2) is 6.36. The summed E-state index contributed by atoms with van der Waals surface area (Å²) in [5.41, 5.74) is 2.06. The van der Waals surface area contributed by atoms with Crippen LogP contribution >= 0.6 is 11.6 Å². The third-order valence-corrected chi connectivity index (χ3v) is 4.55. The van der Waals surface area contributed by atoms with Gasteiger partial charge in [-0.05, 0) is 13.8 Å². The molecule has 3 heterocycles. The molecule has 0 aliphatic carbocycles. The van der Waals surface area contributed by atoms with E-state index in [1.807, 2.05) is 18.5 Å². The van der Waals surface area contributed by atoms with Crippen molar-refractivity contribution in [3.8, 4) is 0 Å². The number of aromatic nitrogens is 5. The summed E-state index contributed by atoms with van der Waals surface area (Å²) in [4.78, 5) is 2.33. The van der Waals surface area contributed by atoms with Crippen LogP contribution in [-0.2, 0) is 24.9 Å². The van der Waals surface area contributed by atoms with Gasteiger partial charge in [0.1, 0.15) is 17.6 Å². The van der Waals surface area contributed by atoms with Gasteiger partial charge in [-0.25, -0.2) is 0 Å². The first-order valence-electron chi connectivity index (χ1n) is 7.49. The van der Waals surface area contributed by atoms with Gasteiger partial charge in [0.25, 0.3) is 0 Å². The summed E-state index contributed by atoms with van der Waals surface area (Å²) in [6, 6.07) is 0. The molecule has 0 N–H and O–H groups in total. The zero-order valence-corrected chi connectivity index (χ0v) is 13.9. The number of nitrogens with zero attached hydrogens (tertiary/aromatic N) is 6. The maximum Gasteiger partial charge on any atom is 0.163 e. The highest BCUT2D eigenvalue weighted by Crippen LogP contribution is 2.25. The van der Waals surface area contributed by atoms with E-state index in [1.165, 1.54) is 0 Å². The van der Waals surface area contributed by atoms with Gasteiger partial charge in [0.05, 0.1) is 12.3 Å². The van der Waals surface area contributed by atoms with Gasteiger partial charge >= 0.3 is 0 Å². The molecule has 2 aromatic rings. The van der Waals surface area contributed by atoms with E-state index in [0.717, 1.165) is 43.3 Å². The van der Waals surface area contributed by atoms with Crippen molar-refractivity contribution in [1.29, 1.82) is 0 Å². The fourth-order valence-corrected chi connectivity index (χ4v) is 3.07. The average Bonchev–Trinajstić information content (AvgIpc) is 3.08. The van der Waals surface area contributed by atoms with Crippen LogP contribution in [0.25, 0.3) is 0 Å². The normalized spacial score (nSPS) is 19.7. The van der Waals surface area contributed by atoms with E-state index in [2.05, 4.69) is 27.1 Å². The number of hydrogen-bond donors (Lipinski definition) is 0. The molecule has 1 aliphatic rings. The largest absolute Gasteiger partial charge is 0.368 e. The molecule has 0 spiro atoms. The number of morpholine rings is 1. The Bertz CT molecular complexity index is 652. The van der Waals surface area contributed by atoms with Crippen LogP contribution in [0.2, 0.25) is 5.15 Å². The number of halogens is 1. The Hall–Kier alpha value is -1.44. The van der Waals surface area contributed by atoms with Crippen LogP contribution < -0.4 is 0 Å². The monoisotopic (exact) mass is 324 g/mol. The Kier molecular flexibility index (Phi) is 4.46. The third-order valence-electron chi connectivity index (χ3n) is 4.08. The molecular weight excluding hydrogens is 304 g/mol. The Labute approximate surface area is 134 Å². The van der Waals surface area contributed by atoms with E-state index in [9.17, 15) is 0 Å². The van der Waals surface area contributed by atoms with Crippen LogP contribution in [0.15, 0.2) is 6.33 Å². The van der Waals surface area contributed by atoms with Crippen molar-refractivity contribution >= 4 is 11.6 Å². The van der Waals surface area contributed by atoms with Crippen molar-refractivity contribution in [2.75, 3.05) is 19.7 Å². The fraction of sp³-hybridized carbons (Fsp3) is 0.643. The first kappa shape index (κ1) is 15.5. The highest BCUT2D eigenvalue weighted by atomic mass is 35.5. The van der Waals surface area contributed by atoms with Crippen molar-refractivity contribution in [1.82, 2.24) is 29.4 Å². The van der Waals surface area contributed by atoms with Crippen molar-refractivity contribution in [2.24, 2.45) is 7.05 Å². The molecule has 0 unspecified atom stereocenters. The van der Waals surface area contributed by atoms with E-state index in [-0.39, 0.29) is 6.10 Å². The Morgan fingerprint density at radius 1 is 1.45 bits per heavy atom. The average molecular weight is 325 g/mol. The minimum atomic E-state index is -0.0491. The fourth-order valence-electron chi connectivity index (χ4n) is 2.84. The van der Waals surface area contributed by atoms with Crippen molar-refractivity contribution in [3.63, 3.8) is 0 Å². The summed E-state index contributed by atoms with van der Waals surface area (Å²) in [5.74, 6) is 0.890. The smallest absolute Gasteiger partial charge is 0.163 e. The zero-order valence-electron chi connectivity index (χ0n) is 13.2. The van der Waals surface area contributed by atoms with Crippen molar-refractivity contribution in [2.45, 2.75) is 33.0 Å². The molecule has 0 radical (unpaired) electrons. The molecule has 1 atom stereocenters. The number of ether oxygens (including phenoxy) is 1. The lowest BCUT2D eigenvalue weighted by Gasteiger charge is -2.32. The van der Waals surface area contributed by atoms with Gasteiger partial charge in [0, 0.05) is 38.8 Å². The van der Waals surface area contributed by atoms with Gasteiger partial charge in [-0.1, -0.05) is 11.6 Å². The minimum absolute atomic E-state index is 0.0491. The predicted molar refractivity (Wildman–Crippen MR) is 82.6 cm³/mol. The second-order valence-electron chi connectivity index (χ2n) is 5.55. The summed E-state index contributed by atoms with van der Waals surface area (Å²) in [6.45, 7) is 8.02. The van der Waals surface area contributed by atoms with Gasteiger partial charge < -0.3 is 9.30 Å². The summed E-state index contributed by atoms with van der Waals surface area (Å²) < 4.78 is 9.62. The molecule has 0 aromatic carbocycles. The number of rotatable bonds is 4. The molecule has 7 nitrogen and oxygen atoms in total. The van der Waals surface area contributed by atoms with Crippen LogP contribution in [0.1, 0.15) is 30.1 Å². The highest BCUT2D eigenvalue weighted by molar-refractivity contribution is 6.30. The van der Waals surface area contributed by atoms with E-state index in [1.54, 1.807) is 11.0 Å². The van der Waals surface area contributed by atoms with Crippen molar-refractivity contribution in [3.05, 3.63) is 28.6 Å². The topological polar surface area (TPSA) is 61.0 Å². The Balaban J connectivity index is 1.73. The molecule has 3 rings (SSSR count). The first-order chi connectivity index (χ1) is 10.6. The van der Waals surface area contributed by atoms with Crippen LogP contribution in [0.3, 0.4) is 0 Å². The molecule has 1 aliphatic heterocycles. The molecule has 1 saturated heterocycles. The summed E-state index contributed by atoms with van der Waals surface area (Å²) in [6.07, 6.45) is 1.70. The van der Waals surface area contributed by atoms with Crippen LogP contribution in [0, 0.1) is 6.92 Å². The summed E-state index contributed by atoms with van der Waals surface area (Å²) in [5, 5.41) is 13.3. The molecule has 22 heavy (non-hydrogen) atoms. The van der Waals surface area contributed by atoms with Crippen LogP contribution in [0.4, 0.5) is 0 Å². The van der Waals surface area contributed by atoms with Gasteiger partial charge in [-0.15, -0.1) is 10.2 Å². The molecule has 2 aromatic heterocycles. The molecular formula is C14H21ClN6O. The second-order valence-corrected chi connectivity index (χ2v) is 5.91. The first-order valence-corrected chi connectivity index (χ1v) is 7.87. The Morgan fingerprint density at radius 3 is 2.95 bits per heavy atom. The highest BCUT2D eigenvalue weighted by Gasteiger charge is 2.27. The predicted octanol–water partition coefficient (Wildman–Crippen LogP) is 1.57. The maximum absolute atomic E-state index is 6.33. The molecule has 0 bridgehead atoms. The van der Waals surface area contributed by atoms with Gasteiger partial charge in [-0.2, -0.15) is 5.10 Å². The standard InChI is InChI=1S/C14H21ClN6O/c1-4-21-9-16-17-14(21)12-8-20(5-6-22-12)7-11-10(2)18-19(3)13(11)15/h9,12H,4-8H2,1-3H3/t12-/m1/s1. The van der Waals surface area contributed by atoms with Gasteiger partial charge in [-0.3, -0.25) is 9.58 Å². The van der Waals surface area contributed by atoms with E-state index < -0.39 is 0 Å². The molecule has 120 valence electrons. The summed E-state index contributed by atoms with van der Waals surface area (Å²) in [7, 11) is 1.87. The van der Waals surface area contributed by atoms with E-state index in [0.29, 0.717) is 11.8 Å². The van der Waals surface area contributed by atoms with Gasteiger partial charge in [0.2, 0.25) is 0 Å². The minimum Gasteiger partial charge on any atom is -0.368 e. The third kappa shape index (κ3) is 2.88. The lowest BCUT2D eigenvalue weighted by Crippen LogP contribution is -2.38.